The van der Waals surface area contributed by atoms with Crippen molar-refractivity contribution in [3.8, 4) is 11.1 Å². The number of aryl methyl sites for hydroxylation is 1. The number of hydrogen-bond donors (Lipinski definition) is 0. The molecule has 2 aliphatic rings. The quantitative estimate of drug-likeness (QED) is 0.464. The number of hydrogen-bond acceptors (Lipinski definition) is 5. The van der Waals surface area contributed by atoms with Crippen LogP contribution in [0.1, 0.15) is 20.3 Å². The van der Waals surface area contributed by atoms with Gasteiger partial charge in [0.1, 0.15) is 11.6 Å². The van der Waals surface area contributed by atoms with Crippen molar-refractivity contribution in [2.75, 3.05) is 23.7 Å². The molecule has 0 spiro atoms. The Balaban J connectivity index is 1.71. The third-order valence-electron chi connectivity index (χ3n) is 6.70. The lowest BCUT2D eigenvalue weighted by Gasteiger charge is -2.44. The Labute approximate surface area is 212 Å². The van der Waals surface area contributed by atoms with Gasteiger partial charge in [-0.3, -0.25) is 9.36 Å². The second-order valence-electron chi connectivity index (χ2n) is 9.09. The molecular formula is C26H26ClFN4O2S. The third kappa shape index (κ3) is 4.12. The topological polar surface area (TPSA) is 58.4 Å². The number of halogens is 2. The second-order valence-corrected chi connectivity index (χ2v) is 10.6. The third-order valence-corrected chi connectivity index (χ3v) is 8.18. The van der Waals surface area contributed by atoms with Gasteiger partial charge in [-0.05, 0) is 55.9 Å². The van der Waals surface area contributed by atoms with E-state index in [0.29, 0.717) is 30.5 Å². The highest BCUT2D eigenvalue weighted by atomic mass is 35.5. The van der Waals surface area contributed by atoms with Crippen LogP contribution in [0.15, 0.2) is 52.7 Å². The fourth-order valence-electron chi connectivity index (χ4n) is 5.27. The van der Waals surface area contributed by atoms with Gasteiger partial charge in [0, 0.05) is 47.6 Å². The summed E-state index contributed by atoms with van der Waals surface area (Å²) in [6.07, 6.45) is 2.17. The Bertz CT molecular complexity index is 1380. The summed E-state index contributed by atoms with van der Waals surface area (Å²) in [5, 5.41) is 1.34. The van der Waals surface area contributed by atoms with E-state index in [0.717, 1.165) is 39.1 Å². The summed E-state index contributed by atoms with van der Waals surface area (Å²) in [5.41, 5.74) is 2.13. The number of anilines is 1. The molecule has 0 aliphatic carbocycles. The summed E-state index contributed by atoms with van der Waals surface area (Å²) < 4.78 is 15.4. The largest absolute Gasteiger partial charge is 0.352 e. The highest BCUT2D eigenvalue weighted by Crippen LogP contribution is 2.45. The summed E-state index contributed by atoms with van der Waals surface area (Å²) in [5.74, 6) is 0.998. The molecule has 1 fully saturated rings. The summed E-state index contributed by atoms with van der Waals surface area (Å²) in [7, 11) is 0. The first-order chi connectivity index (χ1) is 16.8. The number of rotatable bonds is 3. The molecule has 2 aromatic carbocycles. The Kier molecular flexibility index (Phi) is 6.36. The maximum atomic E-state index is 13.6. The number of nitrogens with zero attached hydrogens (tertiary/aromatic N) is 4. The van der Waals surface area contributed by atoms with Gasteiger partial charge in [-0.1, -0.05) is 30.3 Å². The summed E-state index contributed by atoms with van der Waals surface area (Å²) >= 11 is 8.54. The fourth-order valence-corrected chi connectivity index (χ4v) is 6.84. The normalized spacial score (nSPS) is 20.1. The van der Waals surface area contributed by atoms with Gasteiger partial charge in [-0.2, -0.15) is 4.98 Å². The summed E-state index contributed by atoms with van der Waals surface area (Å²) in [4.78, 5) is 35.0. The number of thioether (sulfide) groups is 1. The molecule has 6 nitrogen and oxygen atoms in total. The SMILES string of the molecule is C=CC(=O)N1C(C)CN(c2nc(=O)n3c4c(c(-c5ccc(F)cc5)c(Cl)cc24)SCCC3)CC1C. The highest BCUT2D eigenvalue weighted by molar-refractivity contribution is 7.99. The van der Waals surface area contributed by atoms with E-state index < -0.39 is 0 Å². The first-order valence-corrected chi connectivity index (χ1v) is 13.0. The molecule has 182 valence electrons. The number of amides is 1. The van der Waals surface area contributed by atoms with Crippen LogP contribution in [0.2, 0.25) is 5.02 Å². The van der Waals surface area contributed by atoms with Crippen LogP contribution in [0.4, 0.5) is 10.2 Å². The van der Waals surface area contributed by atoms with Crippen molar-refractivity contribution in [1.82, 2.24) is 14.5 Å². The molecule has 0 bridgehead atoms. The Morgan fingerprint density at radius 1 is 1.23 bits per heavy atom. The van der Waals surface area contributed by atoms with E-state index >= 15 is 0 Å². The zero-order valence-electron chi connectivity index (χ0n) is 19.6. The van der Waals surface area contributed by atoms with Crippen molar-refractivity contribution in [3.63, 3.8) is 0 Å². The first-order valence-electron chi connectivity index (χ1n) is 11.7. The van der Waals surface area contributed by atoms with E-state index in [1.807, 2.05) is 24.8 Å². The summed E-state index contributed by atoms with van der Waals surface area (Å²) in [6, 6.07) is 7.98. The van der Waals surface area contributed by atoms with Crippen molar-refractivity contribution in [2.45, 2.75) is 43.8 Å². The minimum atomic E-state index is -0.315. The predicted octanol–water partition coefficient (Wildman–Crippen LogP) is 4.96. The van der Waals surface area contributed by atoms with Crippen LogP contribution in [0.3, 0.4) is 0 Å². The fraction of sp³-hybridized carbons (Fsp3) is 0.346. The molecule has 0 radical (unpaired) electrons. The molecule has 1 saturated heterocycles. The van der Waals surface area contributed by atoms with E-state index in [9.17, 15) is 14.0 Å². The van der Waals surface area contributed by atoms with Gasteiger partial charge in [0.15, 0.2) is 0 Å². The number of piperazine rings is 1. The molecule has 2 unspecified atom stereocenters. The molecule has 0 saturated carbocycles. The van der Waals surface area contributed by atoms with E-state index in [1.54, 1.807) is 28.5 Å². The number of carbonyl (C=O) groups excluding carboxylic acids is 1. The van der Waals surface area contributed by atoms with Gasteiger partial charge in [0.2, 0.25) is 5.91 Å². The highest BCUT2D eigenvalue weighted by Gasteiger charge is 2.34. The molecule has 9 heteroatoms. The maximum absolute atomic E-state index is 13.6. The van der Waals surface area contributed by atoms with Gasteiger partial charge in [0.25, 0.3) is 0 Å². The molecule has 3 heterocycles. The molecule has 2 atom stereocenters. The Morgan fingerprint density at radius 2 is 1.91 bits per heavy atom. The molecular weight excluding hydrogens is 487 g/mol. The first kappa shape index (κ1) is 23.9. The van der Waals surface area contributed by atoms with Crippen molar-refractivity contribution in [2.24, 2.45) is 0 Å². The smallest absolute Gasteiger partial charge is 0.350 e. The second kappa shape index (κ2) is 9.32. The van der Waals surface area contributed by atoms with Crippen molar-refractivity contribution in [3.05, 3.63) is 64.3 Å². The maximum Gasteiger partial charge on any atom is 0.350 e. The van der Waals surface area contributed by atoms with E-state index in [-0.39, 0.29) is 29.5 Å². The van der Waals surface area contributed by atoms with Crippen LogP contribution >= 0.6 is 23.4 Å². The molecule has 2 aliphatic heterocycles. The van der Waals surface area contributed by atoms with Gasteiger partial charge in [-0.15, -0.1) is 11.8 Å². The lowest BCUT2D eigenvalue weighted by Crippen LogP contribution is -2.58. The monoisotopic (exact) mass is 512 g/mol. The van der Waals surface area contributed by atoms with Crippen molar-refractivity contribution >= 4 is 46.0 Å². The molecule has 1 aromatic heterocycles. The molecule has 3 aromatic rings. The minimum Gasteiger partial charge on any atom is -0.352 e. The average Bonchev–Trinajstić information content (AvgIpc) is 3.05. The average molecular weight is 513 g/mol. The van der Waals surface area contributed by atoms with Gasteiger partial charge in [-0.25, -0.2) is 9.18 Å². The van der Waals surface area contributed by atoms with Crippen molar-refractivity contribution < 1.29 is 9.18 Å². The lowest BCUT2D eigenvalue weighted by atomic mass is 10.0. The van der Waals surface area contributed by atoms with Crippen LogP contribution in [0, 0.1) is 5.82 Å². The van der Waals surface area contributed by atoms with E-state index in [1.165, 1.54) is 18.2 Å². The van der Waals surface area contributed by atoms with Crippen LogP contribution in [0.25, 0.3) is 22.0 Å². The molecule has 5 rings (SSSR count). The zero-order valence-corrected chi connectivity index (χ0v) is 21.2. The number of benzene rings is 2. The lowest BCUT2D eigenvalue weighted by molar-refractivity contribution is -0.130. The van der Waals surface area contributed by atoms with E-state index in [2.05, 4.69) is 16.5 Å². The minimum absolute atomic E-state index is 0.0815. The van der Waals surface area contributed by atoms with Crippen LogP contribution in [-0.2, 0) is 11.3 Å². The van der Waals surface area contributed by atoms with Crippen LogP contribution in [0.5, 0.6) is 0 Å². The van der Waals surface area contributed by atoms with Gasteiger partial charge < -0.3 is 9.80 Å². The van der Waals surface area contributed by atoms with Gasteiger partial charge >= 0.3 is 5.69 Å². The molecule has 35 heavy (non-hydrogen) atoms. The zero-order chi connectivity index (χ0) is 24.9. The van der Waals surface area contributed by atoms with Crippen molar-refractivity contribution in [1.29, 1.82) is 0 Å². The Morgan fingerprint density at radius 3 is 2.57 bits per heavy atom. The standard InChI is InChI=1S/C26H26ClFN4O2S/c1-4-21(33)32-15(2)13-30(14-16(32)3)25-19-12-20(27)22(17-6-8-18(28)9-7-17)24-23(19)31(26(34)29-25)10-5-11-35-24/h4,6-9,12,15-16H,1,5,10-11,13-14H2,2-3H3. The van der Waals surface area contributed by atoms with Crippen LogP contribution in [-0.4, -0.2) is 51.3 Å². The molecule has 0 N–H and O–H groups in total. The van der Waals surface area contributed by atoms with E-state index in [4.69, 9.17) is 11.6 Å². The predicted molar refractivity (Wildman–Crippen MR) is 140 cm³/mol. The number of aromatic nitrogens is 2. The summed E-state index contributed by atoms with van der Waals surface area (Å²) in [6.45, 7) is 9.25. The number of carbonyl (C=O) groups is 1. The van der Waals surface area contributed by atoms with Gasteiger partial charge in [0.05, 0.1) is 10.5 Å². The van der Waals surface area contributed by atoms with Crippen LogP contribution < -0.4 is 10.6 Å². The Hall–Kier alpha value is -2.84. The molecule has 1 amide bonds.